The number of nitrogens with one attached hydrogen (secondary N) is 1. The van der Waals surface area contributed by atoms with Crippen LogP contribution in [0.1, 0.15) is 0 Å². The molecule has 0 amide bonds. The number of nitrogens with zero attached hydrogens (tertiary/aromatic N) is 1. The van der Waals surface area contributed by atoms with Crippen molar-refractivity contribution in [2.75, 3.05) is 43.6 Å². The molecular formula is C13H17ClF2N2O2. The van der Waals surface area contributed by atoms with Gasteiger partial charge in [-0.05, 0) is 0 Å². The van der Waals surface area contributed by atoms with E-state index in [-0.39, 0.29) is 23.9 Å². The number of halogens is 3. The number of ether oxygens (including phenoxy) is 1. The zero-order valence-electron chi connectivity index (χ0n) is 10.9. The Morgan fingerprint density at radius 1 is 1.30 bits per heavy atom. The van der Waals surface area contributed by atoms with Crippen molar-refractivity contribution >= 4 is 17.3 Å². The fourth-order valence-corrected chi connectivity index (χ4v) is 2.27. The maximum absolute atomic E-state index is 14.1. The van der Waals surface area contributed by atoms with Crippen LogP contribution in [-0.2, 0) is 0 Å². The largest absolute Gasteiger partial charge is 0.487 e. The smallest absolute Gasteiger partial charge is 0.153 e. The lowest BCUT2D eigenvalue weighted by Gasteiger charge is -2.30. The Hall–Kier alpha value is -1.11. The molecule has 1 heterocycles. The summed E-state index contributed by atoms with van der Waals surface area (Å²) in [6.45, 7) is 2.17. The molecule has 1 aliphatic rings. The summed E-state index contributed by atoms with van der Waals surface area (Å²) in [5, 5.41) is 12.1. The lowest BCUT2D eigenvalue weighted by molar-refractivity contribution is 0.131. The molecule has 1 aromatic rings. The molecule has 0 aliphatic carbocycles. The van der Waals surface area contributed by atoms with E-state index >= 15 is 0 Å². The van der Waals surface area contributed by atoms with Crippen LogP contribution in [0, 0.1) is 11.6 Å². The Bertz CT molecular complexity index is 429. The minimum atomic E-state index is -0.680. The molecule has 4 nitrogen and oxygen atoms in total. The van der Waals surface area contributed by atoms with Crippen molar-refractivity contribution in [2.45, 2.75) is 6.10 Å². The summed E-state index contributed by atoms with van der Waals surface area (Å²) in [5.41, 5.74) is -0.0368. The first-order valence-corrected chi connectivity index (χ1v) is 6.97. The molecule has 112 valence electrons. The van der Waals surface area contributed by atoms with Gasteiger partial charge in [0.15, 0.2) is 11.6 Å². The number of hydrogen-bond acceptors (Lipinski definition) is 4. The minimum Gasteiger partial charge on any atom is -0.487 e. The first kappa shape index (κ1) is 15.3. The van der Waals surface area contributed by atoms with E-state index in [0.717, 1.165) is 12.1 Å². The highest BCUT2D eigenvalue weighted by molar-refractivity contribution is 6.18. The molecule has 0 spiro atoms. The summed E-state index contributed by atoms with van der Waals surface area (Å²) in [6, 6.07) is 2.24. The van der Waals surface area contributed by atoms with E-state index in [4.69, 9.17) is 21.4 Å². The Labute approximate surface area is 121 Å². The van der Waals surface area contributed by atoms with Crippen molar-refractivity contribution in [1.29, 1.82) is 0 Å². The van der Waals surface area contributed by atoms with Crippen LogP contribution in [0.15, 0.2) is 12.1 Å². The first-order valence-electron chi connectivity index (χ1n) is 6.44. The van der Waals surface area contributed by atoms with Gasteiger partial charge >= 0.3 is 0 Å². The van der Waals surface area contributed by atoms with Gasteiger partial charge in [0, 0.05) is 38.3 Å². The number of benzene rings is 1. The van der Waals surface area contributed by atoms with E-state index < -0.39 is 17.7 Å². The summed E-state index contributed by atoms with van der Waals surface area (Å²) in [4.78, 5) is 1.66. The summed E-state index contributed by atoms with van der Waals surface area (Å²) in [7, 11) is 0. The molecular weight excluding hydrogens is 290 g/mol. The van der Waals surface area contributed by atoms with Crippen LogP contribution in [0.2, 0.25) is 0 Å². The van der Waals surface area contributed by atoms with Gasteiger partial charge in [0.2, 0.25) is 0 Å². The highest BCUT2D eigenvalue weighted by Gasteiger charge is 2.21. The van der Waals surface area contributed by atoms with Crippen LogP contribution in [-0.4, -0.2) is 49.9 Å². The molecule has 1 saturated heterocycles. The molecule has 1 fully saturated rings. The second kappa shape index (κ2) is 7.06. The molecule has 1 aromatic carbocycles. The van der Waals surface area contributed by atoms with Gasteiger partial charge in [-0.25, -0.2) is 8.78 Å². The zero-order valence-corrected chi connectivity index (χ0v) is 11.7. The number of rotatable bonds is 5. The number of alkyl halides is 1. The fraction of sp³-hybridized carbons (Fsp3) is 0.538. The monoisotopic (exact) mass is 306 g/mol. The van der Waals surface area contributed by atoms with Crippen LogP contribution < -0.4 is 15.0 Å². The van der Waals surface area contributed by atoms with Gasteiger partial charge in [0.25, 0.3) is 0 Å². The van der Waals surface area contributed by atoms with E-state index in [0.29, 0.717) is 26.2 Å². The van der Waals surface area contributed by atoms with Crippen LogP contribution >= 0.6 is 11.6 Å². The normalized spacial score (nSPS) is 17.1. The summed E-state index contributed by atoms with van der Waals surface area (Å²) >= 11 is 5.56. The number of aliphatic hydroxyl groups excluding tert-OH is 1. The molecule has 0 aromatic heterocycles. The molecule has 2 N–H and O–H groups in total. The predicted octanol–water partition coefficient (Wildman–Crippen LogP) is 1.35. The molecule has 0 bridgehead atoms. The lowest BCUT2D eigenvalue weighted by atomic mass is 10.2. The number of anilines is 1. The fourth-order valence-electron chi connectivity index (χ4n) is 2.11. The van der Waals surface area contributed by atoms with Gasteiger partial charge in [-0.15, -0.1) is 11.6 Å². The second-order valence-corrected chi connectivity index (χ2v) is 4.86. The van der Waals surface area contributed by atoms with Gasteiger partial charge in [-0.2, -0.15) is 0 Å². The first-order chi connectivity index (χ1) is 9.65. The molecule has 0 radical (unpaired) electrons. The number of aliphatic hydroxyl groups is 1. The maximum Gasteiger partial charge on any atom is 0.153 e. The predicted molar refractivity (Wildman–Crippen MR) is 73.7 cm³/mol. The average Bonchev–Trinajstić information content (AvgIpc) is 2.45. The number of piperazine rings is 1. The third kappa shape index (κ3) is 3.50. The van der Waals surface area contributed by atoms with Crippen molar-refractivity contribution in [3.63, 3.8) is 0 Å². The molecule has 7 heteroatoms. The van der Waals surface area contributed by atoms with Gasteiger partial charge in [0.1, 0.15) is 17.5 Å². The van der Waals surface area contributed by atoms with Crippen molar-refractivity contribution < 1.29 is 18.6 Å². The van der Waals surface area contributed by atoms with E-state index in [1.807, 2.05) is 0 Å². The van der Waals surface area contributed by atoms with Crippen LogP contribution in [0.5, 0.6) is 5.75 Å². The molecule has 1 atom stereocenters. The number of hydrogen-bond donors (Lipinski definition) is 2. The summed E-state index contributed by atoms with van der Waals surface area (Å²) in [6.07, 6.45) is -0.680. The Kier molecular flexibility index (Phi) is 5.39. The topological polar surface area (TPSA) is 44.7 Å². The van der Waals surface area contributed by atoms with Gasteiger partial charge < -0.3 is 20.1 Å². The molecule has 0 saturated carbocycles. The highest BCUT2D eigenvalue weighted by Crippen LogP contribution is 2.29. The summed E-state index contributed by atoms with van der Waals surface area (Å²) < 4.78 is 33.4. The average molecular weight is 307 g/mol. The van der Waals surface area contributed by atoms with Crippen LogP contribution in [0.3, 0.4) is 0 Å². The molecule has 1 aliphatic heterocycles. The van der Waals surface area contributed by atoms with E-state index in [9.17, 15) is 8.78 Å². The molecule has 1 unspecified atom stereocenters. The van der Waals surface area contributed by atoms with Crippen LogP contribution in [0.25, 0.3) is 0 Å². The van der Waals surface area contributed by atoms with Crippen molar-refractivity contribution in [1.82, 2.24) is 5.32 Å². The SMILES string of the molecule is OCC(CCl)Oc1cc(F)c(N2CCNCC2)c(F)c1. The highest BCUT2D eigenvalue weighted by atomic mass is 35.5. The Morgan fingerprint density at radius 3 is 2.40 bits per heavy atom. The Balaban J connectivity index is 2.19. The van der Waals surface area contributed by atoms with E-state index in [1.165, 1.54) is 0 Å². The van der Waals surface area contributed by atoms with Gasteiger partial charge in [-0.3, -0.25) is 0 Å². The van der Waals surface area contributed by atoms with Crippen molar-refractivity contribution in [2.24, 2.45) is 0 Å². The maximum atomic E-state index is 14.1. The quantitative estimate of drug-likeness (QED) is 0.806. The van der Waals surface area contributed by atoms with Gasteiger partial charge in [-0.1, -0.05) is 0 Å². The Morgan fingerprint density at radius 2 is 1.90 bits per heavy atom. The third-order valence-electron chi connectivity index (χ3n) is 3.10. The lowest BCUT2D eigenvalue weighted by Crippen LogP contribution is -2.44. The molecule has 20 heavy (non-hydrogen) atoms. The van der Waals surface area contributed by atoms with Crippen molar-refractivity contribution in [3.05, 3.63) is 23.8 Å². The standard InChI is InChI=1S/C13H17ClF2N2O2/c14-7-10(8-19)20-9-5-11(15)13(12(16)6-9)18-3-1-17-2-4-18/h5-6,10,17,19H,1-4,7-8H2. The molecule has 2 rings (SSSR count). The zero-order chi connectivity index (χ0) is 14.5. The second-order valence-electron chi connectivity index (χ2n) is 4.55. The third-order valence-corrected chi connectivity index (χ3v) is 3.45. The van der Waals surface area contributed by atoms with Gasteiger partial charge in [0.05, 0.1) is 12.5 Å². The van der Waals surface area contributed by atoms with Crippen LogP contribution in [0.4, 0.5) is 14.5 Å². The van der Waals surface area contributed by atoms with E-state index in [2.05, 4.69) is 5.32 Å². The summed E-state index contributed by atoms with van der Waals surface area (Å²) in [5.74, 6) is -1.28. The van der Waals surface area contributed by atoms with Crippen molar-refractivity contribution in [3.8, 4) is 5.75 Å². The minimum absolute atomic E-state index is 0.0265. The van der Waals surface area contributed by atoms with E-state index in [1.54, 1.807) is 4.90 Å².